The summed E-state index contributed by atoms with van der Waals surface area (Å²) in [6, 6.07) is 15.0. The lowest BCUT2D eigenvalue weighted by Crippen LogP contribution is -2.30. The van der Waals surface area contributed by atoms with E-state index in [0.717, 1.165) is 5.69 Å². The first-order chi connectivity index (χ1) is 18.2. The summed E-state index contributed by atoms with van der Waals surface area (Å²) in [6.07, 6.45) is 0. The topological polar surface area (TPSA) is 108 Å². The van der Waals surface area contributed by atoms with E-state index in [1.807, 2.05) is 31.1 Å². The third kappa shape index (κ3) is 4.09. The standard InChI is InChI=1S/C28H25FN4O5/c1-32(2)17-8-5-15(6-9-17)24-23(25(34)19-14-18(37-3)10-12-22(19)38-4)26(35)27(36)33(24)28-30-20-11-7-16(29)13-21(20)31-28/h5-14,24,34H,1-4H3,(H,30,31)/b25-23+. The van der Waals surface area contributed by atoms with Gasteiger partial charge >= 0.3 is 5.91 Å². The van der Waals surface area contributed by atoms with Gasteiger partial charge in [0.1, 0.15) is 23.1 Å². The zero-order chi connectivity index (χ0) is 27.1. The second kappa shape index (κ2) is 9.55. The number of aromatic amines is 1. The molecule has 0 saturated carbocycles. The Bertz CT molecular complexity index is 1590. The molecule has 1 amide bonds. The van der Waals surface area contributed by atoms with Crippen molar-refractivity contribution in [2.45, 2.75) is 6.04 Å². The highest BCUT2D eigenvalue weighted by Crippen LogP contribution is 2.43. The van der Waals surface area contributed by atoms with Crippen molar-refractivity contribution in [2.24, 2.45) is 0 Å². The molecule has 0 spiro atoms. The molecule has 1 aliphatic rings. The molecule has 0 aliphatic carbocycles. The van der Waals surface area contributed by atoms with E-state index in [-0.39, 0.29) is 22.8 Å². The van der Waals surface area contributed by atoms with Crippen LogP contribution in [0.5, 0.6) is 11.5 Å². The highest BCUT2D eigenvalue weighted by molar-refractivity contribution is 6.51. The minimum absolute atomic E-state index is 0.0473. The fraction of sp³-hybridized carbons (Fsp3) is 0.179. The van der Waals surface area contributed by atoms with Gasteiger partial charge in [0.05, 0.1) is 42.4 Å². The van der Waals surface area contributed by atoms with Crippen molar-refractivity contribution in [3.63, 3.8) is 0 Å². The predicted molar refractivity (Wildman–Crippen MR) is 141 cm³/mol. The number of hydrogen-bond donors (Lipinski definition) is 2. The van der Waals surface area contributed by atoms with E-state index in [9.17, 15) is 19.1 Å². The second-order valence-electron chi connectivity index (χ2n) is 8.94. The molecule has 2 N–H and O–H groups in total. The normalized spacial score (nSPS) is 16.8. The number of aromatic nitrogens is 2. The van der Waals surface area contributed by atoms with Gasteiger partial charge in [-0.25, -0.2) is 9.37 Å². The molecule has 194 valence electrons. The van der Waals surface area contributed by atoms with Gasteiger partial charge in [0.15, 0.2) is 0 Å². The summed E-state index contributed by atoms with van der Waals surface area (Å²) >= 11 is 0. The molecule has 4 aromatic rings. The third-order valence-electron chi connectivity index (χ3n) is 6.49. The minimum Gasteiger partial charge on any atom is -0.507 e. The Kier molecular flexibility index (Phi) is 6.23. The number of fused-ring (bicyclic) bond motifs is 1. The van der Waals surface area contributed by atoms with E-state index < -0.39 is 29.3 Å². The quantitative estimate of drug-likeness (QED) is 0.222. The Hall–Kier alpha value is -4.86. The summed E-state index contributed by atoms with van der Waals surface area (Å²) in [4.78, 5) is 37.4. The molecule has 2 heterocycles. The zero-order valence-corrected chi connectivity index (χ0v) is 21.2. The molecule has 38 heavy (non-hydrogen) atoms. The van der Waals surface area contributed by atoms with Crippen molar-refractivity contribution < 1.29 is 28.6 Å². The Labute approximate surface area is 217 Å². The summed E-state index contributed by atoms with van der Waals surface area (Å²) in [6.45, 7) is 0. The number of hydrogen-bond acceptors (Lipinski definition) is 7. The molecule has 5 rings (SSSR count). The van der Waals surface area contributed by atoms with Crippen LogP contribution in [0.25, 0.3) is 16.8 Å². The number of aliphatic hydroxyl groups is 1. The van der Waals surface area contributed by atoms with E-state index in [1.165, 1.54) is 43.4 Å². The number of ether oxygens (including phenoxy) is 2. The van der Waals surface area contributed by atoms with Gasteiger partial charge in [-0.3, -0.25) is 14.5 Å². The number of H-pyrrole nitrogens is 1. The number of amides is 1. The molecule has 0 bridgehead atoms. The second-order valence-corrected chi connectivity index (χ2v) is 8.94. The molecule has 3 aromatic carbocycles. The van der Waals surface area contributed by atoms with Crippen LogP contribution in [0.4, 0.5) is 16.0 Å². The number of methoxy groups -OCH3 is 2. The first kappa shape index (κ1) is 24.8. The van der Waals surface area contributed by atoms with Crippen LogP contribution in [0.3, 0.4) is 0 Å². The lowest BCUT2D eigenvalue weighted by Gasteiger charge is -2.24. The van der Waals surface area contributed by atoms with E-state index in [1.54, 1.807) is 24.3 Å². The van der Waals surface area contributed by atoms with Gasteiger partial charge in [-0.05, 0) is 54.1 Å². The van der Waals surface area contributed by atoms with Gasteiger partial charge in [0.25, 0.3) is 5.78 Å². The van der Waals surface area contributed by atoms with Crippen LogP contribution in [0.15, 0.2) is 66.2 Å². The van der Waals surface area contributed by atoms with Gasteiger partial charge in [-0.2, -0.15) is 0 Å². The average molecular weight is 517 g/mol. The van der Waals surface area contributed by atoms with E-state index >= 15 is 0 Å². The molecule has 1 saturated heterocycles. The van der Waals surface area contributed by atoms with Crippen molar-refractivity contribution in [1.29, 1.82) is 0 Å². The van der Waals surface area contributed by atoms with E-state index in [4.69, 9.17) is 9.47 Å². The predicted octanol–water partition coefficient (Wildman–Crippen LogP) is 4.41. The summed E-state index contributed by atoms with van der Waals surface area (Å²) in [5.41, 5.74) is 2.28. The lowest BCUT2D eigenvalue weighted by atomic mass is 9.94. The number of carbonyl (C=O) groups is 2. The van der Waals surface area contributed by atoms with Crippen LogP contribution in [-0.4, -0.2) is 55.1 Å². The number of ketones is 1. The van der Waals surface area contributed by atoms with E-state index in [0.29, 0.717) is 22.3 Å². The summed E-state index contributed by atoms with van der Waals surface area (Å²) < 4.78 is 24.6. The first-order valence-electron chi connectivity index (χ1n) is 11.7. The van der Waals surface area contributed by atoms with Crippen LogP contribution in [-0.2, 0) is 9.59 Å². The van der Waals surface area contributed by atoms with Crippen molar-refractivity contribution >= 4 is 40.1 Å². The highest BCUT2D eigenvalue weighted by atomic mass is 19.1. The number of benzene rings is 3. The van der Waals surface area contributed by atoms with Crippen molar-refractivity contribution in [3.05, 3.63) is 83.2 Å². The number of aliphatic hydroxyl groups excluding tert-OH is 1. The molecular formula is C28H25FN4O5. The van der Waals surface area contributed by atoms with E-state index in [2.05, 4.69) is 9.97 Å². The number of imidazole rings is 1. The molecule has 1 atom stereocenters. The largest absolute Gasteiger partial charge is 0.507 e. The first-order valence-corrected chi connectivity index (χ1v) is 11.7. The van der Waals surface area contributed by atoms with Gasteiger partial charge in [-0.15, -0.1) is 0 Å². The molecule has 10 heteroatoms. The van der Waals surface area contributed by atoms with Gasteiger partial charge in [0, 0.05) is 19.8 Å². The number of rotatable bonds is 6. The molecular weight excluding hydrogens is 491 g/mol. The van der Waals surface area contributed by atoms with Crippen LogP contribution in [0, 0.1) is 5.82 Å². The van der Waals surface area contributed by atoms with Gasteiger partial charge in [0.2, 0.25) is 5.95 Å². The molecule has 1 aromatic heterocycles. The number of halogens is 1. The number of carbonyl (C=O) groups excluding carboxylic acids is 2. The number of anilines is 2. The number of Topliss-reactive ketones (excluding diaryl/α,β-unsaturated/α-hetero) is 1. The smallest absolute Gasteiger partial charge is 0.302 e. The van der Waals surface area contributed by atoms with Crippen molar-refractivity contribution in [2.75, 3.05) is 38.1 Å². The maximum atomic E-state index is 13.8. The average Bonchev–Trinajstić information content (AvgIpc) is 3.45. The molecule has 9 nitrogen and oxygen atoms in total. The Balaban J connectivity index is 1.75. The molecule has 1 fully saturated rings. The summed E-state index contributed by atoms with van der Waals surface area (Å²) in [7, 11) is 6.69. The van der Waals surface area contributed by atoms with Crippen LogP contribution in [0.2, 0.25) is 0 Å². The summed E-state index contributed by atoms with van der Waals surface area (Å²) in [5.74, 6) is -1.94. The van der Waals surface area contributed by atoms with Gasteiger partial charge in [-0.1, -0.05) is 12.1 Å². The Morgan fingerprint density at radius 2 is 1.76 bits per heavy atom. The number of nitrogens with zero attached hydrogens (tertiary/aromatic N) is 3. The van der Waals surface area contributed by atoms with Crippen LogP contribution < -0.4 is 19.3 Å². The molecule has 1 unspecified atom stereocenters. The lowest BCUT2D eigenvalue weighted by molar-refractivity contribution is -0.132. The Morgan fingerprint density at radius 1 is 1.03 bits per heavy atom. The number of nitrogens with one attached hydrogen (secondary N) is 1. The Morgan fingerprint density at radius 3 is 2.42 bits per heavy atom. The zero-order valence-electron chi connectivity index (χ0n) is 21.2. The monoisotopic (exact) mass is 516 g/mol. The maximum absolute atomic E-state index is 13.8. The maximum Gasteiger partial charge on any atom is 0.302 e. The van der Waals surface area contributed by atoms with Gasteiger partial charge < -0.3 is 24.5 Å². The van der Waals surface area contributed by atoms with Crippen LogP contribution >= 0.6 is 0 Å². The van der Waals surface area contributed by atoms with Crippen molar-refractivity contribution in [3.8, 4) is 11.5 Å². The third-order valence-corrected chi connectivity index (χ3v) is 6.49. The minimum atomic E-state index is -1.03. The SMILES string of the molecule is COc1ccc(OC)c(/C(O)=C2\C(=O)C(=O)N(c3nc4ccc(F)cc4[nH]3)C2c2ccc(N(C)C)cc2)c1. The summed E-state index contributed by atoms with van der Waals surface area (Å²) in [5, 5.41) is 11.5. The molecule has 1 aliphatic heterocycles. The van der Waals surface area contributed by atoms with Crippen molar-refractivity contribution in [1.82, 2.24) is 9.97 Å². The fourth-order valence-electron chi connectivity index (χ4n) is 4.55. The highest BCUT2D eigenvalue weighted by Gasteiger charge is 2.48. The molecule has 0 radical (unpaired) electrons. The van der Waals surface area contributed by atoms with Crippen LogP contribution in [0.1, 0.15) is 17.2 Å². The fourth-order valence-corrected chi connectivity index (χ4v) is 4.55.